The van der Waals surface area contributed by atoms with Gasteiger partial charge in [0.1, 0.15) is 23.7 Å². The molecule has 92 valence electrons. The number of carbonyl (C=O) groups is 1. The molecule has 0 amide bonds. The fourth-order valence-corrected chi connectivity index (χ4v) is 2.12. The fraction of sp³-hybridized carbons (Fsp3) is 0.364. The Balaban J connectivity index is 0.00000162. The Hall–Kier alpha value is -0.270. The van der Waals surface area contributed by atoms with E-state index >= 15 is 0 Å². The van der Waals surface area contributed by atoms with Gasteiger partial charge >= 0.3 is 29.6 Å². The molecule has 1 fully saturated rings. The summed E-state index contributed by atoms with van der Waals surface area (Å²) >= 11 is 3.32. The van der Waals surface area contributed by atoms with Crippen LogP contribution in [0.4, 0.5) is 0 Å². The molecule has 0 aromatic heterocycles. The molecule has 2 atom stereocenters. The Kier molecular flexibility index (Phi) is 5.48. The van der Waals surface area contributed by atoms with Crippen molar-refractivity contribution in [3.05, 3.63) is 22.2 Å². The molecule has 18 heavy (non-hydrogen) atoms. The molecule has 1 aliphatic rings. The van der Waals surface area contributed by atoms with E-state index in [-0.39, 0.29) is 29.6 Å². The maximum Gasteiger partial charge on any atom is 1.00 e. The molecule has 5 nitrogen and oxygen atoms in total. The smallest absolute Gasteiger partial charge is 0.547 e. The van der Waals surface area contributed by atoms with Gasteiger partial charge in [0.2, 0.25) is 0 Å². The Morgan fingerprint density at radius 2 is 1.94 bits per heavy atom. The number of epoxide rings is 1. The van der Waals surface area contributed by atoms with E-state index in [2.05, 4.69) is 15.9 Å². The maximum absolute atomic E-state index is 10.6. The van der Waals surface area contributed by atoms with Crippen molar-refractivity contribution in [2.24, 2.45) is 0 Å². The van der Waals surface area contributed by atoms with Gasteiger partial charge < -0.3 is 24.1 Å². The van der Waals surface area contributed by atoms with Crippen LogP contribution < -0.4 is 44.1 Å². The zero-order valence-corrected chi connectivity index (χ0v) is 13.8. The molecule has 1 aromatic rings. The van der Waals surface area contributed by atoms with Crippen molar-refractivity contribution in [1.82, 2.24) is 0 Å². The molecule has 1 heterocycles. The first-order valence-electron chi connectivity index (χ1n) is 4.86. The standard InChI is InChI=1S/C11H11BrO5.Na/c1-15-7-4-6(12)8(16-2)3-5(7)9-10(17-9)11(13)14;/h3-4,9-10H,1-2H3,(H,13,14);/q;+1/p-1. The van der Waals surface area contributed by atoms with E-state index in [0.717, 1.165) is 4.47 Å². The first-order valence-corrected chi connectivity index (χ1v) is 5.65. The monoisotopic (exact) mass is 324 g/mol. The summed E-state index contributed by atoms with van der Waals surface area (Å²) in [6.45, 7) is 0. The van der Waals surface area contributed by atoms with Gasteiger partial charge in [-0.25, -0.2) is 0 Å². The molecule has 2 unspecified atom stereocenters. The molecule has 0 bridgehead atoms. The zero-order valence-electron chi connectivity index (χ0n) is 10.2. The van der Waals surface area contributed by atoms with Crippen molar-refractivity contribution in [3.63, 3.8) is 0 Å². The number of aliphatic carboxylic acids is 1. The zero-order chi connectivity index (χ0) is 12.6. The molecule has 2 rings (SSSR count). The van der Waals surface area contributed by atoms with E-state index in [9.17, 15) is 9.90 Å². The van der Waals surface area contributed by atoms with E-state index in [1.54, 1.807) is 12.1 Å². The van der Waals surface area contributed by atoms with Gasteiger partial charge in [0.15, 0.2) is 0 Å². The summed E-state index contributed by atoms with van der Waals surface area (Å²) in [4.78, 5) is 10.6. The summed E-state index contributed by atoms with van der Waals surface area (Å²) < 4.78 is 16.1. The van der Waals surface area contributed by atoms with Crippen LogP contribution in [0.15, 0.2) is 16.6 Å². The second kappa shape index (κ2) is 6.25. The normalized spacial score (nSPS) is 20.8. The van der Waals surface area contributed by atoms with Gasteiger partial charge in [-0.05, 0) is 28.1 Å². The second-order valence-corrected chi connectivity index (χ2v) is 4.38. The van der Waals surface area contributed by atoms with Crippen molar-refractivity contribution in [1.29, 1.82) is 0 Å². The number of halogens is 1. The Morgan fingerprint density at radius 1 is 1.33 bits per heavy atom. The van der Waals surface area contributed by atoms with Crippen LogP contribution in [0.25, 0.3) is 0 Å². The quantitative estimate of drug-likeness (QED) is 0.458. The van der Waals surface area contributed by atoms with Crippen LogP contribution in [-0.4, -0.2) is 26.3 Å². The third-order valence-corrected chi connectivity index (χ3v) is 3.15. The summed E-state index contributed by atoms with van der Waals surface area (Å²) in [5.74, 6) is -0.0845. The molecular formula is C11H10BrNaO5. The van der Waals surface area contributed by atoms with Crippen LogP contribution >= 0.6 is 15.9 Å². The molecule has 0 N–H and O–H groups in total. The van der Waals surface area contributed by atoms with Gasteiger partial charge in [0.25, 0.3) is 0 Å². The number of ether oxygens (including phenoxy) is 3. The van der Waals surface area contributed by atoms with Gasteiger partial charge in [-0.3, -0.25) is 0 Å². The average Bonchev–Trinajstić information content (AvgIpc) is 3.08. The van der Waals surface area contributed by atoms with Gasteiger partial charge in [0.05, 0.1) is 24.7 Å². The summed E-state index contributed by atoms with van der Waals surface area (Å²) in [6, 6.07) is 3.40. The summed E-state index contributed by atoms with van der Waals surface area (Å²) in [7, 11) is 3.04. The Morgan fingerprint density at radius 3 is 2.39 bits per heavy atom. The first kappa shape index (κ1) is 15.8. The predicted octanol–water partition coefficient (Wildman–Crippen LogP) is -2.34. The van der Waals surface area contributed by atoms with E-state index in [0.29, 0.717) is 17.1 Å². The number of rotatable bonds is 4. The van der Waals surface area contributed by atoms with Crippen LogP contribution in [0.1, 0.15) is 11.7 Å². The minimum absolute atomic E-state index is 0. The Labute approximate surface area is 135 Å². The van der Waals surface area contributed by atoms with Crippen LogP contribution in [0, 0.1) is 0 Å². The summed E-state index contributed by atoms with van der Waals surface area (Å²) in [5, 5.41) is 10.6. The van der Waals surface area contributed by atoms with Gasteiger partial charge in [0, 0.05) is 5.56 Å². The van der Waals surface area contributed by atoms with Crippen molar-refractivity contribution in [3.8, 4) is 11.5 Å². The molecule has 1 aliphatic heterocycles. The maximum atomic E-state index is 10.6. The molecule has 0 saturated carbocycles. The van der Waals surface area contributed by atoms with Crippen molar-refractivity contribution >= 4 is 21.9 Å². The van der Waals surface area contributed by atoms with Gasteiger partial charge in [-0.15, -0.1) is 0 Å². The van der Waals surface area contributed by atoms with E-state index < -0.39 is 18.2 Å². The molecule has 0 aliphatic carbocycles. The number of hydrogen-bond donors (Lipinski definition) is 0. The minimum atomic E-state index is -1.22. The number of carbonyl (C=O) groups excluding carboxylic acids is 1. The number of methoxy groups -OCH3 is 2. The molecular weight excluding hydrogens is 315 g/mol. The van der Waals surface area contributed by atoms with Crippen molar-refractivity contribution in [2.45, 2.75) is 12.2 Å². The van der Waals surface area contributed by atoms with E-state index in [4.69, 9.17) is 14.2 Å². The van der Waals surface area contributed by atoms with E-state index in [1.807, 2.05) is 0 Å². The SMILES string of the molecule is COc1cc(C2OC2C(=O)[O-])c(OC)cc1Br.[Na+]. The molecule has 1 aromatic carbocycles. The molecule has 0 radical (unpaired) electrons. The van der Waals surface area contributed by atoms with E-state index in [1.165, 1.54) is 14.2 Å². The van der Waals surface area contributed by atoms with Crippen LogP contribution in [0.3, 0.4) is 0 Å². The van der Waals surface area contributed by atoms with Crippen molar-refractivity contribution in [2.75, 3.05) is 14.2 Å². The van der Waals surface area contributed by atoms with Crippen LogP contribution in [-0.2, 0) is 9.53 Å². The fourth-order valence-electron chi connectivity index (χ4n) is 1.63. The third kappa shape index (κ3) is 3.00. The molecule has 7 heteroatoms. The topological polar surface area (TPSA) is 71.1 Å². The first-order chi connectivity index (χ1) is 8.08. The van der Waals surface area contributed by atoms with Crippen LogP contribution in [0.5, 0.6) is 11.5 Å². The predicted molar refractivity (Wildman–Crippen MR) is 59.9 cm³/mol. The van der Waals surface area contributed by atoms with Crippen LogP contribution in [0.2, 0.25) is 0 Å². The van der Waals surface area contributed by atoms with Gasteiger partial charge in [-0.1, -0.05) is 0 Å². The number of carboxylic acids is 1. The summed E-state index contributed by atoms with van der Waals surface area (Å²) in [5.41, 5.74) is 0.641. The molecule has 1 saturated heterocycles. The largest absolute Gasteiger partial charge is 1.00 e. The summed E-state index contributed by atoms with van der Waals surface area (Å²) in [6.07, 6.45) is -1.44. The van der Waals surface area contributed by atoms with Gasteiger partial charge in [-0.2, -0.15) is 0 Å². The molecule has 0 spiro atoms. The Bertz CT molecular complexity index is 465. The second-order valence-electron chi connectivity index (χ2n) is 3.53. The third-order valence-electron chi connectivity index (χ3n) is 2.53. The number of benzene rings is 1. The number of carboxylic acid groups (broad SMARTS) is 1. The minimum Gasteiger partial charge on any atom is -0.547 e. The number of hydrogen-bond acceptors (Lipinski definition) is 5. The average molecular weight is 325 g/mol. The van der Waals surface area contributed by atoms with Crippen molar-refractivity contribution < 1.29 is 53.7 Å².